The number of benzene rings is 3. The minimum atomic E-state index is -1.62. The fourth-order valence-corrected chi connectivity index (χ4v) is 4.28. The normalized spacial score (nSPS) is 10.4. The van der Waals surface area contributed by atoms with Gasteiger partial charge >= 0.3 is 36.4 Å². The molecule has 0 amide bonds. The molecule has 3 aromatic carbocycles. The Hall–Kier alpha value is -7.32. The van der Waals surface area contributed by atoms with Crippen LogP contribution in [0.5, 0.6) is 34.5 Å². The molecule has 0 bridgehead atoms. The molecule has 0 fully saturated rings. The van der Waals surface area contributed by atoms with E-state index in [1.54, 1.807) is 0 Å². The lowest BCUT2D eigenvalue weighted by Crippen LogP contribution is -2.39. The molecule has 3 aromatic rings. The van der Waals surface area contributed by atoms with Crippen LogP contribution in [0, 0.1) is 5.41 Å². The molecule has 21 nitrogen and oxygen atoms in total. The topological polar surface area (TPSA) is 241 Å². The third-order valence-electron chi connectivity index (χ3n) is 7.56. The first-order valence-electron chi connectivity index (χ1n) is 16.2. The first kappa shape index (κ1) is 44.1. The minimum absolute atomic E-state index is 0.0724. The molecule has 21 heteroatoms. The first-order chi connectivity index (χ1) is 27.3. The Kier molecular flexibility index (Phi) is 16.7. The molecule has 0 unspecified atom stereocenters. The van der Waals surface area contributed by atoms with Gasteiger partial charge in [-0.1, -0.05) is 6.92 Å². The number of rotatable bonds is 16. The van der Waals surface area contributed by atoms with Crippen molar-refractivity contribution < 1.29 is 101 Å². The standard InChI is InChI=1S/C36H38O21/c1-8-36(18-49-33(40)55-52-30(37)21-9-24(43-2)15-25(10-21)44-3,19-50-34(41)56-53-31(38)22-11-26(45-4)16-27(12-22)46-5)20-51-35(42)57-54-32(39)23-13-28(47-6)17-29(14-23)48-7/h9-17H,8,18-20H2,1-7H3. The molecule has 0 saturated heterocycles. The Bertz CT molecular complexity index is 1610. The highest BCUT2D eigenvalue weighted by molar-refractivity contribution is 5.91. The highest BCUT2D eigenvalue weighted by Crippen LogP contribution is 2.27. The monoisotopic (exact) mass is 806 g/mol. The average molecular weight is 807 g/mol. The second kappa shape index (κ2) is 21.5. The highest BCUT2D eigenvalue weighted by Gasteiger charge is 2.36. The van der Waals surface area contributed by atoms with Crippen LogP contribution in [-0.2, 0) is 43.5 Å². The van der Waals surface area contributed by atoms with Crippen LogP contribution in [0.25, 0.3) is 0 Å². The molecule has 0 spiro atoms. The van der Waals surface area contributed by atoms with Crippen molar-refractivity contribution in [3.63, 3.8) is 0 Å². The molecule has 0 aliphatic carbocycles. The lowest BCUT2D eigenvalue weighted by molar-refractivity contribution is -0.217. The van der Waals surface area contributed by atoms with E-state index in [0.29, 0.717) is 0 Å². The van der Waals surface area contributed by atoms with Crippen LogP contribution < -0.4 is 28.4 Å². The van der Waals surface area contributed by atoms with Gasteiger partial charge in [-0.2, -0.15) is 14.4 Å². The Balaban J connectivity index is 1.67. The summed E-state index contributed by atoms with van der Waals surface area (Å²) in [5.41, 5.74) is -1.95. The fourth-order valence-electron chi connectivity index (χ4n) is 4.28. The summed E-state index contributed by atoms with van der Waals surface area (Å²) in [7, 11) is 8.11. The van der Waals surface area contributed by atoms with Gasteiger partial charge in [0, 0.05) is 18.2 Å². The Morgan fingerprint density at radius 1 is 0.386 bits per heavy atom. The number of methoxy groups -OCH3 is 6. The van der Waals surface area contributed by atoms with Crippen molar-refractivity contribution in [3.05, 3.63) is 71.3 Å². The molecule has 3 rings (SSSR count). The SMILES string of the molecule is CCC(COC(=O)OOC(=O)c1cc(OC)cc(OC)c1)(COC(=O)OOC(=O)c1cc(OC)cc(OC)c1)COC(=O)OOC(=O)c1cc(OC)cc(OC)c1. The van der Waals surface area contributed by atoms with Crippen LogP contribution in [0.15, 0.2) is 54.6 Å². The van der Waals surface area contributed by atoms with E-state index in [2.05, 4.69) is 29.3 Å². The van der Waals surface area contributed by atoms with E-state index < -0.39 is 61.6 Å². The third kappa shape index (κ3) is 13.5. The fraction of sp³-hybridized carbons (Fsp3) is 0.333. The van der Waals surface area contributed by atoms with Gasteiger partial charge in [0.05, 0.1) is 64.8 Å². The van der Waals surface area contributed by atoms with Crippen molar-refractivity contribution in [2.75, 3.05) is 62.5 Å². The van der Waals surface area contributed by atoms with Gasteiger partial charge in [-0.3, -0.25) is 0 Å². The molecule has 57 heavy (non-hydrogen) atoms. The molecule has 0 saturated carbocycles. The predicted molar refractivity (Wildman–Crippen MR) is 185 cm³/mol. The summed E-state index contributed by atoms with van der Waals surface area (Å²) in [5.74, 6) is -1.98. The zero-order valence-electron chi connectivity index (χ0n) is 31.6. The molecular weight excluding hydrogens is 768 g/mol. The van der Waals surface area contributed by atoms with Crippen LogP contribution in [0.1, 0.15) is 44.4 Å². The maximum absolute atomic E-state index is 12.5. The molecule has 0 aliphatic rings. The van der Waals surface area contributed by atoms with Gasteiger partial charge in [-0.15, -0.1) is 0 Å². The minimum Gasteiger partial charge on any atom is -0.497 e. The van der Waals surface area contributed by atoms with Crippen LogP contribution in [-0.4, -0.2) is 98.9 Å². The third-order valence-corrected chi connectivity index (χ3v) is 7.56. The van der Waals surface area contributed by atoms with E-state index in [1.165, 1.54) is 104 Å². The lowest BCUT2D eigenvalue weighted by atomic mass is 9.88. The van der Waals surface area contributed by atoms with Crippen LogP contribution >= 0.6 is 0 Å². The van der Waals surface area contributed by atoms with E-state index in [-0.39, 0.29) is 57.6 Å². The number of hydrogen-bond donors (Lipinski definition) is 0. The first-order valence-corrected chi connectivity index (χ1v) is 16.2. The predicted octanol–water partition coefficient (Wildman–Crippen LogP) is 5.21. The Labute approximate surface area is 324 Å². The average Bonchev–Trinajstić information content (AvgIpc) is 3.25. The van der Waals surface area contributed by atoms with Crippen molar-refractivity contribution in [1.82, 2.24) is 0 Å². The number of carbonyl (C=O) groups is 6. The van der Waals surface area contributed by atoms with E-state index in [9.17, 15) is 28.8 Å². The molecule has 308 valence electrons. The van der Waals surface area contributed by atoms with Crippen molar-refractivity contribution in [2.24, 2.45) is 5.41 Å². The molecular formula is C36H38O21. The molecule has 0 aromatic heterocycles. The van der Waals surface area contributed by atoms with Gasteiger partial charge in [-0.25, -0.2) is 43.7 Å². The van der Waals surface area contributed by atoms with Gasteiger partial charge in [-0.05, 0) is 42.8 Å². The van der Waals surface area contributed by atoms with Gasteiger partial charge in [0.2, 0.25) is 0 Å². The van der Waals surface area contributed by atoms with Crippen molar-refractivity contribution >= 4 is 36.4 Å². The van der Waals surface area contributed by atoms with Crippen LogP contribution in [0.4, 0.5) is 14.4 Å². The molecule has 0 radical (unpaired) electrons. The lowest BCUT2D eigenvalue weighted by Gasteiger charge is -2.29. The van der Waals surface area contributed by atoms with Crippen molar-refractivity contribution in [2.45, 2.75) is 13.3 Å². The quantitative estimate of drug-likeness (QED) is 0.0780. The summed E-state index contributed by atoms with van der Waals surface area (Å²) in [5, 5.41) is 0. The van der Waals surface area contributed by atoms with Gasteiger partial charge in [0.25, 0.3) is 0 Å². The maximum Gasteiger partial charge on any atom is 0.549 e. The highest BCUT2D eigenvalue weighted by atomic mass is 17.2. The van der Waals surface area contributed by atoms with Crippen LogP contribution in [0.2, 0.25) is 0 Å². The van der Waals surface area contributed by atoms with Crippen LogP contribution in [0.3, 0.4) is 0 Å². The Morgan fingerprint density at radius 3 is 0.807 bits per heavy atom. The van der Waals surface area contributed by atoms with Crippen molar-refractivity contribution in [3.8, 4) is 34.5 Å². The number of ether oxygens (including phenoxy) is 9. The molecule has 0 aliphatic heterocycles. The Morgan fingerprint density at radius 2 is 0.614 bits per heavy atom. The van der Waals surface area contributed by atoms with Crippen molar-refractivity contribution in [1.29, 1.82) is 0 Å². The van der Waals surface area contributed by atoms with Gasteiger partial charge in [0.15, 0.2) is 0 Å². The van der Waals surface area contributed by atoms with E-state index >= 15 is 0 Å². The summed E-state index contributed by atoms with van der Waals surface area (Å²) >= 11 is 0. The molecule has 0 N–H and O–H groups in total. The maximum atomic E-state index is 12.5. The summed E-state index contributed by atoms with van der Waals surface area (Å²) < 4.78 is 45.8. The smallest absolute Gasteiger partial charge is 0.497 e. The molecule has 0 heterocycles. The summed E-state index contributed by atoms with van der Waals surface area (Å²) in [6.45, 7) is -0.693. The second-order valence-electron chi connectivity index (χ2n) is 11.1. The zero-order valence-corrected chi connectivity index (χ0v) is 31.6. The zero-order chi connectivity index (χ0) is 42.0. The van der Waals surface area contributed by atoms with Gasteiger partial charge in [0.1, 0.15) is 54.3 Å². The summed E-state index contributed by atoms with van der Waals surface area (Å²) in [6, 6.07) is 12.1. The molecule has 0 atom stereocenters. The second-order valence-corrected chi connectivity index (χ2v) is 11.1. The largest absolute Gasteiger partial charge is 0.549 e. The van der Waals surface area contributed by atoms with E-state index in [4.69, 9.17) is 42.6 Å². The summed E-state index contributed by atoms with van der Waals surface area (Å²) in [4.78, 5) is 102. The number of hydrogen-bond acceptors (Lipinski definition) is 21. The van der Waals surface area contributed by atoms with E-state index in [1.807, 2.05) is 0 Å². The van der Waals surface area contributed by atoms with Gasteiger partial charge < -0.3 is 42.6 Å². The van der Waals surface area contributed by atoms with E-state index in [0.717, 1.165) is 0 Å². The summed E-state index contributed by atoms with van der Waals surface area (Å²) in [6.07, 6.45) is -4.72. The number of carbonyl (C=O) groups excluding carboxylic acids is 6.